The molecule has 1 aliphatic carbocycles. The van der Waals surface area contributed by atoms with Crippen molar-refractivity contribution in [1.29, 1.82) is 0 Å². The van der Waals surface area contributed by atoms with Gasteiger partial charge in [0.25, 0.3) is 0 Å². The number of pyridine rings is 1. The minimum absolute atomic E-state index is 0.0537. The Kier molecular flexibility index (Phi) is 6.78. The summed E-state index contributed by atoms with van der Waals surface area (Å²) in [5, 5.41) is 4.10. The highest BCUT2D eigenvalue weighted by Crippen LogP contribution is 2.57. The second-order valence-electron chi connectivity index (χ2n) is 15.8. The van der Waals surface area contributed by atoms with Gasteiger partial charge in [0.1, 0.15) is 0 Å². The molecule has 3 aromatic carbocycles. The van der Waals surface area contributed by atoms with Crippen molar-refractivity contribution in [3.8, 4) is 21.7 Å². The molecule has 0 aliphatic heterocycles. The van der Waals surface area contributed by atoms with E-state index >= 15 is 0 Å². The zero-order chi connectivity index (χ0) is 30.4. The van der Waals surface area contributed by atoms with Crippen LogP contribution in [-0.2, 0) is 17.3 Å². The molecule has 2 heterocycles. The van der Waals surface area contributed by atoms with Gasteiger partial charge in [0.15, 0.2) is 0 Å². The number of hydrogen-bond acceptors (Lipinski definition) is 2. The van der Waals surface area contributed by atoms with Crippen molar-refractivity contribution in [2.24, 2.45) is 5.41 Å². The van der Waals surface area contributed by atoms with E-state index in [4.69, 9.17) is 4.98 Å². The van der Waals surface area contributed by atoms with Crippen molar-refractivity contribution in [2.75, 3.05) is 0 Å². The first-order chi connectivity index (χ1) is 19.6. The lowest BCUT2D eigenvalue weighted by Gasteiger charge is -2.41. The van der Waals surface area contributed by atoms with Crippen LogP contribution < -0.4 is 0 Å². The standard InChI is InChI=1S/C40H47NS/c1-23(2)30-19-28(18-27-14-12-13-15-29(27)30)35-37-33-31(21-41-35)39(8,9)22-40(10,11)34(33)36(42-37)32-24(3)16-26(17-25(32)4)20-38(5,6)7/h12-19,21,23H,20,22H2,1-11H3. The average Bonchev–Trinajstić information content (AvgIpc) is 3.25. The van der Waals surface area contributed by atoms with Crippen molar-refractivity contribution in [3.63, 3.8) is 0 Å². The molecule has 0 saturated heterocycles. The van der Waals surface area contributed by atoms with Crippen molar-refractivity contribution in [2.45, 2.75) is 106 Å². The van der Waals surface area contributed by atoms with Crippen LogP contribution in [0.3, 0.4) is 0 Å². The van der Waals surface area contributed by atoms with Crippen molar-refractivity contribution >= 4 is 32.2 Å². The summed E-state index contributed by atoms with van der Waals surface area (Å²) in [6.07, 6.45) is 4.41. The Labute approximate surface area is 257 Å². The van der Waals surface area contributed by atoms with Crippen LogP contribution in [0.25, 0.3) is 42.6 Å². The molecule has 0 unspecified atom stereocenters. The van der Waals surface area contributed by atoms with Gasteiger partial charge in [-0.3, -0.25) is 4.98 Å². The first kappa shape index (κ1) is 29.1. The van der Waals surface area contributed by atoms with E-state index < -0.39 is 0 Å². The molecule has 2 heteroatoms. The lowest BCUT2D eigenvalue weighted by atomic mass is 9.62. The van der Waals surface area contributed by atoms with Crippen LogP contribution in [0.15, 0.2) is 54.7 Å². The molecule has 1 nitrogen and oxygen atoms in total. The molecule has 218 valence electrons. The van der Waals surface area contributed by atoms with Crippen LogP contribution in [0.4, 0.5) is 0 Å². The minimum Gasteiger partial charge on any atom is -0.254 e. The molecule has 0 N–H and O–H groups in total. The van der Waals surface area contributed by atoms with Gasteiger partial charge in [0.05, 0.1) is 10.4 Å². The van der Waals surface area contributed by atoms with Crippen molar-refractivity contribution in [1.82, 2.24) is 4.98 Å². The van der Waals surface area contributed by atoms with Crippen LogP contribution in [0.2, 0.25) is 0 Å². The smallest absolute Gasteiger partial charge is 0.0880 e. The van der Waals surface area contributed by atoms with Gasteiger partial charge >= 0.3 is 0 Å². The summed E-state index contributed by atoms with van der Waals surface area (Å²) in [5.41, 5.74) is 12.7. The maximum absolute atomic E-state index is 5.29. The maximum atomic E-state index is 5.29. The predicted molar refractivity (Wildman–Crippen MR) is 185 cm³/mol. The molecular weight excluding hydrogens is 527 g/mol. The van der Waals surface area contributed by atoms with Gasteiger partial charge in [-0.15, -0.1) is 11.3 Å². The first-order valence-corrected chi connectivity index (χ1v) is 16.5. The summed E-state index contributed by atoms with van der Waals surface area (Å²) < 4.78 is 1.35. The van der Waals surface area contributed by atoms with Gasteiger partial charge in [0, 0.05) is 22.0 Å². The summed E-state index contributed by atoms with van der Waals surface area (Å²) in [6.45, 7) is 26.0. The quantitative estimate of drug-likeness (QED) is 0.208. The number of thiophene rings is 1. The van der Waals surface area contributed by atoms with Gasteiger partial charge in [0.2, 0.25) is 0 Å². The van der Waals surface area contributed by atoms with E-state index in [-0.39, 0.29) is 16.2 Å². The van der Waals surface area contributed by atoms with Gasteiger partial charge in [-0.1, -0.05) is 98.7 Å². The van der Waals surface area contributed by atoms with Gasteiger partial charge < -0.3 is 0 Å². The molecule has 2 aromatic heterocycles. The second kappa shape index (κ2) is 9.78. The molecule has 1 aliphatic rings. The number of rotatable bonds is 4. The predicted octanol–water partition coefficient (Wildman–Crippen LogP) is 12.1. The SMILES string of the molecule is Cc1cc(CC(C)(C)C)cc(C)c1-c1sc2c(-c3cc(C(C)C)c4ccccc4c3)ncc3c2c1C(C)(C)CC3(C)C. The number of benzene rings is 3. The Morgan fingerprint density at radius 3 is 2.21 bits per heavy atom. The fraction of sp³-hybridized carbons (Fsp3) is 0.425. The summed E-state index contributed by atoms with van der Waals surface area (Å²) in [4.78, 5) is 6.74. The average molecular weight is 574 g/mol. The molecule has 0 bridgehead atoms. The Balaban J connectivity index is 1.68. The lowest BCUT2D eigenvalue weighted by Crippen LogP contribution is -2.34. The van der Waals surface area contributed by atoms with E-state index in [1.807, 2.05) is 11.3 Å². The third kappa shape index (κ3) is 4.80. The topological polar surface area (TPSA) is 12.9 Å². The highest BCUT2D eigenvalue weighted by atomic mass is 32.1. The molecule has 0 fully saturated rings. The molecule has 0 amide bonds. The molecule has 0 radical (unpaired) electrons. The third-order valence-corrected chi connectivity index (χ3v) is 10.6. The molecule has 6 rings (SSSR count). The highest BCUT2D eigenvalue weighted by molar-refractivity contribution is 7.23. The second-order valence-corrected chi connectivity index (χ2v) is 16.8. The summed E-state index contributed by atoms with van der Waals surface area (Å²) in [6, 6.07) is 18.5. The largest absolute Gasteiger partial charge is 0.254 e. The number of aryl methyl sites for hydroxylation is 2. The molecule has 0 saturated carbocycles. The van der Waals surface area contributed by atoms with Crippen LogP contribution in [0, 0.1) is 19.3 Å². The Morgan fingerprint density at radius 2 is 1.57 bits per heavy atom. The summed E-state index contributed by atoms with van der Waals surface area (Å²) in [5.74, 6) is 0.438. The molecule has 0 atom stereocenters. The fourth-order valence-corrected chi connectivity index (χ4v) is 9.71. The fourth-order valence-electron chi connectivity index (χ4n) is 8.02. The Morgan fingerprint density at radius 1 is 0.905 bits per heavy atom. The first-order valence-electron chi connectivity index (χ1n) is 15.7. The summed E-state index contributed by atoms with van der Waals surface area (Å²) >= 11 is 1.98. The monoisotopic (exact) mass is 573 g/mol. The highest BCUT2D eigenvalue weighted by Gasteiger charge is 2.43. The lowest BCUT2D eigenvalue weighted by molar-refractivity contribution is 0.342. The normalized spacial score (nSPS) is 16.1. The van der Waals surface area contributed by atoms with Gasteiger partial charge in [-0.05, 0) is 111 Å². The van der Waals surface area contributed by atoms with Crippen LogP contribution >= 0.6 is 11.3 Å². The number of nitrogens with zero attached hydrogens (tertiary/aromatic N) is 1. The molecule has 5 aromatic rings. The summed E-state index contributed by atoms with van der Waals surface area (Å²) in [7, 11) is 0. The van der Waals surface area contributed by atoms with E-state index in [1.54, 1.807) is 0 Å². The molecule has 42 heavy (non-hydrogen) atoms. The van der Waals surface area contributed by atoms with Crippen LogP contribution in [0.5, 0.6) is 0 Å². The molecule has 0 spiro atoms. The third-order valence-electron chi connectivity index (χ3n) is 9.35. The van der Waals surface area contributed by atoms with Crippen molar-refractivity contribution < 1.29 is 0 Å². The number of aromatic nitrogens is 1. The zero-order valence-electron chi connectivity index (χ0n) is 27.5. The minimum atomic E-state index is 0.0537. The van der Waals surface area contributed by atoms with E-state index in [0.717, 1.165) is 18.5 Å². The zero-order valence-corrected chi connectivity index (χ0v) is 28.4. The van der Waals surface area contributed by atoms with E-state index in [0.29, 0.717) is 5.92 Å². The number of hydrogen-bond donors (Lipinski definition) is 0. The van der Waals surface area contributed by atoms with E-state index in [2.05, 4.69) is 131 Å². The van der Waals surface area contributed by atoms with E-state index in [9.17, 15) is 0 Å². The maximum Gasteiger partial charge on any atom is 0.0880 e. The van der Waals surface area contributed by atoms with Crippen LogP contribution in [-0.4, -0.2) is 4.98 Å². The Bertz CT molecular complexity index is 1830. The van der Waals surface area contributed by atoms with Gasteiger partial charge in [-0.25, -0.2) is 0 Å². The Hall–Kier alpha value is -2.97. The van der Waals surface area contributed by atoms with E-state index in [1.165, 1.54) is 70.2 Å². The molecular formula is C40H47NS. The van der Waals surface area contributed by atoms with Crippen LogP contribution in [0.1, 0.15) is 108 Å². The number of fused-ring (bicyclic) bond motifs is 1. The van der Waals surface area contributed by atoms with Crippen molar-refractivity contribution in [3.05, 3.63) is 88.1 Å². The van der Waals surface area contributed by atoms with Gasteiger partial charge in [-0.2, -0.15) is 0 Å².